The van der Waals surface area contributed by atoms with E-state index in [9.17, 15) is 13.6 Å². The second-order valence-corrected chi connectivity index (χ2v) is 5.26. The molecule has 98 valence electrons. The molecule has 2 nitrogen and oxygen atoms in total. The van der Waals surface area contributed by atoms with E-state index < -0.39 is 17.7 Å². The first-order valence-corrected chi connectivity index (χ1v) is 6.95. The number of hydrogen-bond donors (Lipinski definition) is 0. The van der Waals surface area contributed by atoms with Crippen LogP contribution in [0.4, 0.5) is 8.78 Å². The number of nitrogens with zero attached hydrogens (tertiary/aromatic N) is 1. The van der Waals surface area contributed by atoms with Gasteiger partial charge in [-0.3, -0.25) is 4.79 Å². The van der Waals surface area contributed by atoms with Crippen molar-refractivity contribution in [3.05, 3.63) is 35.4 Å². The SMILES string of the molecule is CC(c1cc(F)ccc1F)N1CC(CBr)CC1=O. The Labute approximate surface area is 113 Å². The average molecular weight is 318 g/mol. The fourth-order valence-electron chi connectivity index (χ4n) is 2.29. The van der Waals surface area contributed by atoms with E-state index in [0.717, 1.165) is 23.5 Å². The van der Waals surface area contributed by atoms with Crippen molar-refractivity contribution >= 4 is 21.8 Å². The molecule has 1 amide bonds. The van der Waals surface area contributed by atoms with Crippen molar-refractivity contribution in [1.82, 2.24) is 4.90 Å². The molecule has 1 saturated heterocycles. The molecule has 1 aliphatic heterocycles. The van der Waals surface area contributed by atoms with Crippen LogP contribution >= 0.6 is 15.9 Å². The first-order valence-electron chi connectivity index (χ1n) is 5.83. The van der Waals surface area contributed by atoms with Crippen molar-refractivity contribution in [3.8, 4) is 0 Å². The fraction of sp³-hybridized carbons (Fsp3) is 0.462. The number of likely N-dealkylation sites (tertiary alicyclic amines) is 1. The topological polar surface area (TPSA) is 20.3 Å². The molecule has 1 aromatic carbocycles. The molecular weight excluding hydrogens is 304 g/mol. The molecule has 1 heterocycles. The maximum atomic E-state index is 13.7. The summed E-state index contributed by atoms with van der Waals surface area (Å²) < 4.78 is 26.8. The van der Waals surface area contributed by atoms with Gasteiger partial charge in [-0.25, -0.2) is 8.78 Å². The van der Waals surface area contributed by atoms with Crippen molar-refractivity contribution in [2.75, 3.05) is 11.9 Å². The van der Waals surface area contributed by atoms with Crippen LogP contribution in [0.2, 0.25) is 0 Å². The molecule has 1 aliphatic rings. The van der Waals surface area contributed by atoms with Gasteiger partial charge in [0.2, 0.25) is 5.91 Å². The van der Waals surface area contributed by atoms with Crippen LogP contribution in [0.25, 0.3) is 0 Å². The summed E-state index contributed by atoms with van der Waals surface area (Å²) in [5.41, 5.74) is 0.235. The zero-order valence-electron chi connectivity index (χ0n) is 10.00. The second kappa shape index (κ2) is 5.34. The minimum absolute atomic E-state index is 0.00406. The Balaban J connectivity index is 2.23. The van der Waals surface area contributed by atoms with E-state index >= 15 is 0 Å². The monoisotopic (exact) mass is 317 g/mol. The van der Waals surface area contributed by atoms with Crippen LogP contribution in [0.5, 0.6) is 0 Å². The van der Waals surface area contributed by atoms with Crippen LogP contribution in [-0.4, -0.2) is 22.7 Å². The van der Waals surface area contributed by atoms with Crippen molar-refractivity contribution in [2.45, 2.75) is 19.4 Å². The summed E-state index contributed by atoms with van der Waals surface area (Å²) >= 11 is 3.35. The summed E-state index contributed by atoms with van der Waals surface area (Å²) in [6, 6.07) is 2.91. The van der Waals surface area contributed by atoms with Gasteiger partial charge in [0.05, 0.1) is 6.04 Å². The van der Waals surface area contributed by atoms with Gasteiger partial charge in [0.15, 0.2) is 0 Å². The van der Waals surface area contributed by atoms with Gasteiger partial charge in [-0.2, -0.15) is 0 Å². The maximum absolute atomic E-state index is 13.7. The van der Waals surface area contributed by atoms with E-state index in [1.807, 2.05) is 0 Å². The summed E-state index contributed by atoms with van der Waals surface area (Å²) in [5.74, 6) is -0.715. The largest absolute Gasteiger partial charge is 0.335 e. The number of benzene rings is 1. The zero-order chi connectivity index (χ0) is 13.3. The highest BCUT2D eigenvalue weighted by molar-refractivity contribution is 9.09. The van der Waals surface area contributed by atoms with Gasteiger partial charge in [0, 0.05) is 23.9 Å². The normalized spacial score (nSPS) is 21.4. The predicted octanol–water partition coefficient (Wildman–Crippen LogP) is 3.27. The molecule has 18 heavy (non-hydrogen) atoms. The van der Waals surface area contributed by atoms with Crippen molar-refractivity contribution in [1.29, 1.82) is 0 Å². The predicted molar refractivity (Wildman–Crippen MR) is 68.4 cm³/mol. The Morgan fingerprint density at radius 3 is 2.83 bits per heavy atom. The van der Waals surface area contributed by atoms with Crippen LogP contribution in [0.3, 0.4) is 0 Å². The second-order valence-electron chi connectivity index (χ2n) is 4.61. The molecule has 0 spiro atoms. The highest BCUT2D eigenvalue weighted by Crippen LogP contribution is 2.30. The standard InChI is InChI=1S/C13H14BrF2NO/c1-8(11-5-10(15)2-3-12(11)16)17-7-9(6-14)4-13(17)18/h2-3,5,8-9H,4,6-7H2,1H3. The van der Waals surface area contributed by atoms with Gasteiger partial charge in [-0.05, 0) is 31.0 Å². The summed E-state index contributed by atoms with van der Waals surface area (Å²) in [4.78, 5) is 13.5. The third-order valence-corrected chi connectivity index (χ3v) is 4.25. The van der Waals surface area contributed by atoms with Crippen molar-refractivity contribution in [2.24, 2.45) is 5.92 Å². The number of amides is 1. The van der Waals surface area contributed by atoms with Crippen molar-refractivity contribution < 1.29 is 13.6 Å². The summed E-state index contributed by atoms with van der Waals surface area (Å²) in [7, 11) is 0. The Hall–Kier alpha value is -0.970. The van der Waals surface area contributed by atoms with Gasteiger partial charge >= 0.3 is 0 Å². The molecule has 0 saturated carbocycles. The lowest BCUT2D eigenvalue weighted by molar-refractivity contribution is -0.129. The summed E-state index contributed by atoms with van der Waals surface area (Å²) in [6.07, 6.45) is 0.465. The molecule has 5 heteroatoms. The molecule has 0 N–H and O–H groups in total. The van der Waals surface area contributed by atoms with E-state index in [2.05, 4.69) is 15.9 Å². The Morgan fingerprint density at radius 2 is 2.22 bits per heavy atom. The molecule has 1 fully saturated rings. The molecule has 0 aliphatic carbocycles. The lowest BCUT2D eigenvalue weighted by Crippen LogP contribution is -2.29. The van der Waals surface area contributed by atoms with Crippen LogP contribution < -0.4 is 0 Å². The Bertz CT molecular complexity index is 466. The first-order chi connectivity index (χ1) is 8.52. The van der Waals surface area contributed by atoms with Gasteiger partial charge < -0.3 is 4.90 Å². The van der Waals surface area contributed by atoms with Gasteiger partial charge in [0.25, 0.3) is 0 Å². The maximum Gasteiger partial charge on any atom is 0.223 e. The number of carbonyl (C=O) groups excluding carboxylic acids is 1. The molecule has 0 radical (unpaired) electrons. The number of halogens is 3. The molecule has 0 bridgehead atoms. The number of rotatable bonds is 3. The van der Waals surface area contributed by atoms with E-state index in [4.69, 9.17) is 0 Å². The quantitative estimate of drug-likeness (QED) is 0.783. The smallest absolute Gasteiger partial charge is 0.223 e. The summed E-state index contributed by atoms with van der Waals surface area (Å²) in [5, 5.41) is 0.744. The molecule has 0 aromatic heterocycles. The average Bonchev–Trinajstić information content (AvgIpc) is 2.73. The van der Waals surface area contributed by atoms with E-state index in [1.54, 1.807) is 11.8 Å². The highest BCUT2D eigenvalue weighted by Gasteiger charge is 2.33. The Morgan fingerprint density at radius 1 is 1.50 bits per heavy atom. The van der Waals surface area contributed by atoms with Crippen LogP contribution in [0.15, 0.2) is 18.2 Å². The lowest BCUT2D eigenvalue weighted by Gasteiger charge is -2.25. The van der Waals surface area contributed by atoms with Crippen molar-refractivity contribution in [3.63, 3.8) is 0 Å². The Kier molecular flexibility index (Phi) is 4.00. The minimum atomic E-state index is -0.484. The van der Waals surface area contributed by atoms with Gasteiger partial charge in [-0.15, -0.1) is 0 Å². The molecule has 2 atom stereocenters. The van der Waals surface area contributed by atoms with E-state index in [0.29, 0.717) is 13.0 Å². The lowest BCUT2D eigenvalue weighted by atomic mass is 10.1. The van der Waals surface area contributed by atoms with Crippen LogP contribution in [0.1, 0.15) is 24.9 Å². The number of carbonyl (C=O) groups is 1. The summed E-state index contributed by atoms with van der Waals surface area (Å²) in [6.45, 7) is 2.31. The third-order valence-electron chi connectivity index (χ3n) is 3.33. The fourth-order valence-corrected chi connectivity index (χ4v) is 2.72. The minimum Gasteiger partial charge on any atom is -0.335 e. The third kappa shape index (κ3) is 2.55. The van der Waals surface area contributed by atoms with Crippen LogP contribution in [0, 0.1) is 17.6 Å². The number of hydrogen-bond acceptors (Lipinski definition) is 1. The molecule has 2 unspecified atom stereocenters. The molecule has 1 aromatic rings. The zero-order valence-corrected chi connectivity index (χ0v) is 11.6. The van der Waals surface area contributed by atoms with Crippen LogP contribution in [-0.2, 0) is 4.79 Å². The molecule has 2 rings (SSSR count). The number of alkyl halides is 1. The highest BCUT2D eigenvalue weighted by atomic mass is 79.9. The van der Waals surface area contributed by atoms with Gasteiger partial charge in [0.1, 0.15) is 11.6 Å². The van der Waals surface area contributed by atoms with E-state index in [1.165, 1.54) is 0 Å². The van der Waals surface area contributed by atoms with Gasteiger partial charge in [-0.1, -0.05) is 15.9 Å². The first kappa shape index (κ1) is 13.5. The van der Waals surface area contributed by atoms with E-state index in [-0.39, 0.29) is 17.4 Å². The molecular formula is C13H14BrF2NO.